The van der Waals surface area contributed by atoms with Crippen LogP contribution in [0.1, 0.15) is 47.5 Å². The van der Waals surface area contributed by atoms with Gasteiger partial charge >= 0.3 is 0 Å². The highest BCUT2D eigenvalue weighted by Crippen LogP contribution is 2.19. The van der Waals surface area contributed by atoms with Gasteiger partial charge in [0.25, 0.3) is 0 Å². The van der Waals surface area contributed by atoms with E-state index in [-0.39, 0.29) is 11.7 Å². The normalized spacial score (nSPS) is 17.1. The number of rotatable bonds is 5. The molecule has 0 N–H and O–H groups in total. The van der Waals surface area contributed by atoms with Gasteiger partial charge in [0.2, 0.25) is 0 Å². The Morgan fingerprint density at radius 2 is 1.85 bits per heavy atom. The highest BCUT2D eigenvalue weighted by Gasteiger charge is 2.19. The Bertz CT molecular complexity index is 129. The molecule has 13 heavy (non-hydrogen) atoms. The van der Waals surface area contributed by atoms with Gasteiger partial charge in [-0.25, -0.2) is 0 Å². The fourth-order valence-electron chi connectivity index (χ4n) is 1.26. The van der Waals surface area contributed by atoms with Crippen molar-refractivity contribution in [3.05, 3.63) is 0 Å². The molecular weight excluding hydrogens is 184 g/mol. The van der Waals surface area contributed by atoms with Gasteiger partial charge in [-0.2, -0.15) is 0 Å². The molecule has 0 fully saturated rings. The van der Waals surface area contributed by atoms with E-state index in [2.05, 4.69) is 34.6 Å². The van der Waals surface area contributed by atoms with Crippen molar-refractivity contribution in [2.75, 3.05) is 5.88 Å². The van der Waals surface area contributed by atoms with Crippen LogP contribution in [-0.2, 0) is 4.74 Å². The van der Waals surface area contributed by atoms with Crippen molar-refractivity contribution in [1.82, 2.24) is 0 Å². The smallest absolute Gasteiger partial charge is 0.0720 e. The zero-order chi connectivity index (χ0) is 10.5. The van der Waals surface area contributed by atoms with E-state index in [1.807, 2.05) is 0 Å². The lowest BCUT2D eigenvalue weighted by Crippen LogP contribution is -2.29. The van der Waals surface area contributed by atoms with Crippen LogP contribution in [0.5, 0.6) is 0 Å². The molecule has 0 aromatic rings. The first-order valence-electron chi connectivity index (χ1n) is 5.12. The van der Waals surface area contributed by atoms with E-state index in [9.17, 15) is 0 Å². The molecule has 80 valence electrons. The van der Waals surface area contributed by atoms with Gasteiger partial charge in [-0.05, 0) is 33.1 Å². The highest BCUT2D eigenvalue weighted by atomic mass is 35.5. The van der Waals surface area contributed by atoms with Crippen molar-refractivity contribution in [3.63, 3.8) is 0 Å². The topological polar surface area (TPSA) is 9.23 Å². The second-order valence-corrected chi connectivity index (χ2v) is 5.06. The summed E-state index contributed by atoms with van der Waals surface area (Å²) in [6, 6.07) is 0. The summed E-state index contributed by atoms with van der Waals surface area (Å²) in [6.45, 7) is 10.7. The lowest BCUT2D eigenvalue weighted by Gasteiger charge is -2.27. The Hall–Kier alpha value is 0.250. The average Bonchev–Trinajstić information content (AvgIpc) is 2.00. The molecule has 0 saturated carbocycles. The second kappa shape index (κ2) is 5.87. The van der Waals surface area contributed by atoms with Crippen molar-refractivity contribution < 1.29 is 4.74 Å². The molecule has 2 unspecified atom stereocenters. The van der Waals surface area contributed by atoms with Crippen molar-refractivity contribution >= 4 is 11.6 Å². The van der Waals surface area contributed by atoms with Gasteiger partial charge in [-0.3, -0.25) is 0 Å². The summed E-state index contributed by atoms with van der Waals surface area (Å²) in [5, 5.41) is 0. The fraction of sp³-hybridized carbons (Fsp3) is 1.00. The van der Waals surface area contributed by atoms with Gasteiger partial charge in [0.1, 0.15) is 0 Å². The first-order chi connectivity index (χ1) is 5.89. The summed E-state index contributed by atoms with van der Waals surface area (Å²) in [5.41, 5.74) is -0.0764. The summed E-state index contributed by atoms with van der Waals surface area (Å²) in [5.74, 6) is 1.30. The van der Waals surface area contributed by atoms with E-state index in [1.54, 1.807) is 0 Å². The number of ether oxygens (including phenoxy) is 1. The largest absolute Gasteiger partial charge is 0.371 e. The number of hydrogen-bond acceptors (Lipinski definition) is 1. The molecule has 0 aliphatic heterocycles. The van der Waals surface area contributed by atoms with E-state index in [0.717, 1.165) is 6.42 Å². The Kier molecular flexibility index (Phi) is 5.98. The van der Waals surface area contributed by atoms with Crippen molar-refractivity contribution in [3.8, 4) is 0 Å². The van der Waals surface area contributed by atoms with Crippen LogP contribution in [0.4, 0.5) is 0 Å². The lowest BCUT2D eigenvalue weighted by atomic mass is 10.0. The van der Waals surface area contributed by atoms with E-state index in [1.165, 1.54) is 6.42 Å². The van der Waals surface area contributed by atoms with Crippen LogP contribution in [0.2, 0.25) is 0 Å². The predicted octanol–water partition coefficient (Wildman–Crippen LogP) is 3.85. The minimum Gasteiger partial charge on any atom is -0.371 e. The third-order valence-corrected chi connectivity index (χ3v) is 2.40. The summed E-state index contributed by atoms with van der Waals surface area (Å²) in [4.78, 5) is 0. The third-order valence-electron chi connectivity index (χ3n) is 2.05. The van der Waals surface area contributed by atoms with E-state index >= 15 is 0 Å². The number of hydrogen-bond donors (Lipinski definition) is 0. The Balaban J connectivity index is 3.89. The van der Waals surface area contributed by atoms with Crippen LogP contribution in [-0.4, -0.2) is 17.6 Å². The van der Waals surface area contributed by atoms with Crippen LogP contribution < -0.4 is 0 Å². The molecule has 0 heterocycles. The molecule has 1 nitrogen and oxygen atoms in total. The average molecular weight is 207 g/mol. The molecule has 0 aliphatic rings. The molecule has 0 aromatic carbocycles. The maximum atomic E-state index is 5.85. The summed E-state index contributed by atoms with van der Waals surface area (Å²) >= 11 is 5.85. The number of halogens is 1. The quantitative estimate of drug-likeness (QED) is 0.621. The van der Waals surface area contributed by atoms with Gasteiger partial charge < -0.3 is 4.74 Å². The Morgan fingerprint density at radius 3 is 2.15 bits per heavy atom. The fourth-order valence-corrected chi connectivity index (χ4v) is 1.45. The van der Waals surface area contributed by atoms with Gasteiger partial charge in [0.15, 0.2) is 0 Å². The maximum absolute atomic E-state index is 5.85. The molecule has 2 heteroatoms. The maximum Gasteiger partial charge on any atom is 0.0720 e. The zero-order valence-electron chi connectivity index (χ0n) is 9.56. The lowest BCUT2D eigenvalue weighted by molar-refractivity contribution is -0.0577. The van der Waals surface area contributed by atoms with E-state index in [4.69, 9.17) is 16.3 Å². The van der Waals surface area contributed by atoms with Gasteiger partial charge in [0.05, 0.1) is 11.7 Å². The monoisotopic (exact) mass is 206 g/mol. The van der Waals surface area contributed by atoms with Crippen LogP contribution in [0, 0.1) is 5.92 Å². The van der Waals surface area contributed by atoms with Crippen LogP contribution in [0.3, 0.4) is 0 Å². The molecule has 0 aliphatic carbocycles. The molecule has 0 aromatic heterocycles. The SMILES string of the molecule is CCC(C)CC(CCl)OC(C)(C)C. The van der Waals surface area contributed by atoms with Crippen LogP contribution in [0.15, 0.2) is 0 Å². The van der Waals surface area contributed by atoms with Gasteiger partial charge in [-0.15, -0.1) is 11.6 Å². The first-order valence-corrected chi connectivity index (χ1v) is 5.66. The highest BCUT2D eigenvalue weighted by molar-refractivity contribution is 6.18. The minimum atomic E-state index is -0.0764. The second-order valence-electron chi connectivity index (χ2n) is 4.76. The van der Waals surface area contributed by atoms with Crippen molar-refractivity contribution in [2.24, 2.45) is 5.92 Å². The van der Waals surface area contributed by atoms with Crippen LogP contribution in [0.25, 0.3) is 0 Å². The standard InChI is InChI=1S/C11H23ClO/c1-6-9(2)7-10(8-12)13-11(3,4)5/h9-10H,6-8H2,1-5H3. The molecule has 2 atom stereocenters. The summed E-state index contributed by atoms with van der Waals surface area (Å²) in [7, 11) is 0. The minimum absolute atomic E-state index is 0.0764. The first kappa shape index (κ1) is 13.2. The van der Waals surface area contributed by atoms with E-state index in [0.29, 0.717) is 11.8 Å². The summed E-state index contributed by atoms with van der Waals surface area (Å²) in [6.07, 6.45) is 2.47. The van der Waals surface area contributed by atoms with E-state index < -0.39 is 0 Å². The number of alkyl halides is 1. The Morgan fingerprint density at radius 1 is 1.31 bits per heavy atom. The molecular formula is C11H23ClO. The van der Waals surface area contributed by atoms with Crippen molar-refractivity contribution in [1.29, 1.82) is 0 Å². The van der Waals surface area contributed by atoms with Gasteiger partial charge in [-0.1, -0.05) is 20.3 Å². The third kappa shape index (κ3) is 7.33. The molecule has 0 rings (SSSR count). The summed E-state index contributed by atoms with van der Waals surface area (Å²) < 4.78 is 5.83. The van der Waals surface area contributed by atoms with Crippen LogP contribution >= 0.6 is 11.6 Å². The Labute approximate surface area is 87.8 Å². The molecule has 0 spiro atoms. The van der Waals surface area contributed by atoms with Crippen molar-refractivity contribution in [2.45, 2.75) is 59.2 Å². The molecule has 0 radical (unpaired) electrons. The molecule has 0 bridgehead atoms. The zero-order valence-corrected chi connectivity index (χ0v) is 10.3. The predicted molar refractivity (Wildman–Crippen MR) is 59.4 cm³/mol. The molecule has 0 saturated heterocycles. The van der Waals surface area contributed by atoms with Gasteiger partial charge in [0, 0.05) is 5.88 Å². The molecule has 0 amide bonds.